The zero-order valence-corrected chi connectivity index (χ0v) is 12.1. The Hall–Kier alpha value is -1.36. The van der Waals surface area contributed by atoms with E-state index in [0.717, 1.165) is 43.4 Å². The Morgan fingerprint density at radius 2 is 2.26 bits per heavy atom. The first-order valence-electron chi connectivity index (χ1n) is 7.06. The highest BCUT2D eigenvalue weighted by atomic mass is 16.3. The van der Waals surface area contributed by atoms with Crippen molar-refractivity contribution >= 4 is 11.6 Å². The average Bonchev–Trinajstić information content (AvgIpc) is 2.46. The van der Waals surface area contributed by atoms with E-state index in [2.05, 4.69) is 34.0 Å². The fraction of sp³-hybridized carbons (Fsp3) is 0.714. The van der Waals surface area contributed by atoms with Crippen LogP contribution in [0, 0.1) is 5.92 Å². The van der Waals surface area contributed by atoms with Crippen LogP contribution >= 0.6 is 0 Å². The van der Waals surface area contributed by atoms with Crippen LogP contribution in [0.4, 0.5) is 11.6 Å². The molecule has 2 rings (SSSR count). The van der Waals surface area contributed by atoms with E-state index in [9.17, 15) is 5.11 Å². The molecule has 0 bridgehead atoms. The second kappa shape index (κ2) is 6.19. The number of aromatic nitrogens is 2. The van der Waals surface area contributed by atoms with Gasteiger partial charge in [-0.2, -0.15) is 0 Å². The summed E-state index contributed by atoms with van der Waals surface area (Å²) in [7, 11) is 1.88. The Morgan fingerprint density at radius 1 is 1.47 bits per heavy atom. The summed E-state index contributed by atoms with van der Waals surface area (Å²) in [6.45, 7) is 6.36. The lowest BCUT2D eigenvalue weighted by Crippen LogP contribution is -2.37. The molecule has 0 spiro atoms. The molecule has 5 heteroatoms. The lowest BCUT2D eigenvalue weighted by Gasteiger charge is -2.33. The van der Waals surface area contributed by atoms with Crippen molar-refractivity contribution in [2.24, 2.45) is 5.92 Å². The summed E-state index contributed by atoms with van der Waals surface area (Å²) in [5.41, 5.74) is 0. The van der Waals surface area contributed by atoms with Crippen molar-refractivity contribution < 1.29 is 5.11 Å². The molecule has 1 aliphatic heterocycles. The van der Waals surface area contributed by atoms with Crippen LogP contribution in [-0.4, -0.2) is 41.8 Å². The molecule has 0 amide bonds. The number of hydrogen-bond donors (Lipinski definition) is 2. The zero-order chi connectivity index (χ0) is 13.8. The zero-order valence-electron chi connectivity index (χ0n) is 12.1. The number of nitrogens with one attached hydrogen (secondary N) is 1. The van der Waals surface area contributed by atoms with Gasteiger partial charge in [0.1, 0.15) is 17.5 Å². The molecule has 1 aromatic rings. The highest BCUT2D eigenvalue weighted by molar-refractivity contribution is 5.49. The summed E-state index contributed by atoms with van der Waals surface area (Å²) in [4.78, 5) is 11.4. The van der Waals surface area contributed by atoms with E-state index < -0.39 is 0 Å². The van der Waals surface area contributed by atoms with E-state index in [1.54, 1.807) is 0 Å². The summed E-state index contributed by atoms with van der Waals surface area (Å²) < 4.78 is 0. The van der Waals surface area contributed by atoms with Gasteiger partial charge in [-0.1, -0.05) is 13.8 Å². The van der Waals surface area contributed by atoms with Gasteiger partial charge in [-0.3, -0.25) is 0 Å². The molecule has 1 atom stereocenters. The number of aliphatic hydroxyl groups excluding tert-OH is 1. The Morgan fingerprint density at radius 3 is 2.89 bits per heavy atom. The lowest BCUT2D eigenvalue weighted by atomic mass is 9.99. The van der Waals surface area contributed by atoms with Crippen LogP contribution in [0.5, 0.6) is 0 Å². The second-order valence-corrected chi connectivity index (χ2v) is 5.51. The predicted molar refractivity (Wildman–Crippen MR) is 77.7 cm³/mol. The summed E-state index contributed by atoms with van der Waals surface area (Å²) in [6.07, 6.45) is 2.22. The highest BCUT2D eigenvalue weighted by Crippen LogP contribution is 2.24. The van der Waals surface area contributed by atoms with Gasteiger partial charge in [0.25, 0.3) is 0 Å². The Kier molecular flexibility index (Phi) is 4.58. The molecule has 2 heterocycles. The SMILES string of the molecule is CNc1cc(N2CCCC(CO)C2)nc(C(C)C)n1. The van der Waals surface area contributed by atoms with Crippen LogP contribution in [0.3, 0.4) is 0 Å². The van der Waals surface area contributed by atoms with Gasteiger partial charge in [0.05, 0.1) is 0 Å². The fourth-order valence-corrected chi connectivity index (χ4v) is 2.42. The van der Waals surface area contributed by atoms with Crippen LogP contribution in [0.2, 0.25) is 0 Å². The van der Waals surface area contributed by atoms with Gasteiger partial charge in [-0.25, -0.2) is 9.97 Å². The average molecular weight is 264 g/mol. The first-order chi connectivity index (χ1) is 9.13. The number of piperidine rings is 1. The maximum absolute atomic E-state index is 9.33. The summed E-state index contributed by atoms with van der Waals surface area (Å²) in [5.74, 6) is 3.38. The first-order valence-corrected chi connectivity index (χ1v) is 7.06. The Labute approximate surface area is 115 Å². The predicted octanol–water partition coefficient (Wildman–Crippen LogP) is 1.85. The van der Waals surface area contributed by atoms with E-state index in [-0.39, 0.29) is 6.61 Å². The van der Waals surface area contributed by atoms with Gasteiger partial charge >= 0.3 is 0 Å². The fourth-order valence-electron chi connectivity index (χ4n) is 2.42. The van der Waals surface area contributed by atoms with E-state index in [1.165, 1.54) is 0 Å². The van der Waals surface area contributed by atoms with Gasteiger partial charge in [0.15, 0.2) is 0 Å². The number of aliphatic hydroxyl groups is 1. The molecule has 1 unspecified atom stereocenters. The molecule has 0 saturated carbocycles. The van der Waals surface area contributed by atoms with Gasteiger partial charge in [0.2, 0.25) is 0 Å². The topological polar surface area (TPSA) is 61.3 Å². The molecule has 19 heavy (non-hydrogen) atoms. The Bertz CT molecular complexity index is 422. The Balaban J connectivity index is 2.25. The van der Waals surface area contributed by atoms with Crippen molar-refractivity contribution in [1.82, 2.24) is 9.97 Å². The molecule has 1 aliphatic rings. The summed E-state index contributed by atoms with van der Waals surface area (Å²) in [6, 6.07) is 1.99. The smallest absolute Gasteiger partial charge is 0.135 e. The third-order valence-corrected chi connectivity index (χ3v) is 3.60. The van der Waals surface area contributed by atoms with E-state index >= 15 is 0 Å². The number of rotatable bonds is 4. The summed E-state index contributed by atoms with van der Waals surface area (Å²) in [5, 5.41) is 12.4. The maximum Gasteiger partial charge on any atom is 0.135 e. The van der Waals surface area contributed by atoms with Crippen LogP contribution in [0.25, 0.3) is 0 Å². The van der Waals surface area contributed by atoms with Gasteiger partial charge in [0, 0.05) is 38.7 Å². The van der Waals surface area contributed by atoms with Crippen LogP contribution < -0.4 is 10.2 Å². The van der Waals surface area contributed by atoms with Crippen molar-refractivity contribution in [3.05, 3.63) is 11.9 Å². The van der Waals surface area contributed by atoms with E-state index in [0.29, 0.717) is 11.8 Å². The van der Waals surface area contributed by atoms with E-state index in [4.69, 9.17) is 0 Å². The van der Waals surface area contributed by atoms with Crippen LogP contribution in [-0.2, 0) is 0 Å². The minimum atomic E-state index is 0.261. The van der Waals surface area contributed by atoms with Crippen molar-refractivity contribution in [3.63, 3.8) is 0 Å². The highest BCUT2D eigenvalue weighted by Gasteiger charge is 2.21. The van der Waals surface area contributed by atoms with Crippen molar-refractivity contribution in [2.45, 2.75) is 32.6 Å². The summed E-state index contributed by atoms with van der Waals surface area (Å²) >= 11 is 0. The van der Waals surface area contributed by atoms with E-state index in [1.807, 2.05) is 13.1 Å². The molecule has 0 aromatic carbocycles. The second-order valence-electron chi connectivity index (χ2n) is 5.51. The minimum Gasteiger partial charge on any atom is -0.396 e. The third kappa shape index (κ3) is 3.35. The standard InChI is InChI=1S/C14H24N4O/c1-10(2)14-16-12(15-3)7-13(17-14)18-6-4-5-11(8-18)9-19/h7,10-11,19H,4-6,8-9H2,1-3H3,(H,15,16,17). The molecular formula is C14H24N4O. The molecule has 106 valence electrons. The van der Waals surface area contributed by atoms with Crippen molar-refractivity contribution in [3.8, 4) is 0 Å². The molecule has 0 radical (unpaired) electrons. The molecule has 1 fully saturated rings. The lowest BCUT2D eigenvalue weighted by molar-refractivity contribution is 0.208. The monoisotopic (exact) mass is 264 g/mol. The van der Waals surface area contributed by atoms with Crippen molar-refractivity contribution in [2.75, 3.05) is 37.0 Å². The minimum absolute atomic E-state index is 0.261. The number of anilines is 2. The molecular weight excluding hydrogens is 240 g/mol. The van der Waals surface area contributed by atoms with Crippen LogP contribution in [0.15, 0.2) is 6.07 Å². The van der Waals surface area contributed by atoms with Gasteiger partial charge in [-0.15, -0.1) is 0 Å². The third-order valence-electron chi connectivity index (χ3n) is 3.60. The molecule has 5 nitrogen and oxygen atoms in total. The van der Waals surface area contributed by atoms with Gasteiger partial charge in [-0.05, 0) is 18.8 Å². The number of hydrogen-bond acceptors (Lipinski definition) is 5. The quantitative estimate of drug-likeness (QED) is 0.869. The normalized spacial score (nSPS) is 19.8. The molecule has 0 aliphatic carbocycles. The number of nitrogens with zero attached hydrogens (tertiary/aromatic N) is 3. The van der Waals surface area contributed by atoms with Crippen molar-refractivity contribution in [1.29, 1.82) is 0 Å². The molecule has 1 saturated heterocycles. The maximum atomic E-state index is 9.33. The molecule has 1 aromatic heterocycles. The largest absolute Gasteiger partial charge is 0.396 e. The molecule has 2 N–H and O–H groups in total. The van der Waals surface area contributed by atoms with Gasteiger partial charge < -0.3 is 15.3 Å². The van der Waals surface area contributed by atoms with Crippen LogP contribution in [0.1, 0.15) is 38.4 Å². The first kappa shape index (κ1) is 14.1.